The third-order valence-corrected chi connectivity index (χ3v) is 13.1. The van der Waals surface area contributed by atoms with Crippen LogP contribution < -0.4 is 10.2 Å². The summed E-state index contributed by atoms with van der Waals surface area (Å²) >= 11 is 0. The third kappa shape index (κ3) is 5.05. The van der Waals surface area contributed by atoms with Crippen LogP contribution in [0.2, 0.25) is 0 Å². The predicted octanol–water partition coefficient (Wildman–Crippen LogP) is 8.95. The molecule has 4 atom stereocenters. The molecule has 0 spiro atoms. The molecule has 4 aromatic heterocycles. The Bertz CT molecular complexity index is 1610. The van der Waals surface area contributed by atoms with E-state index in [-0.39, 0.29) is 42.7 Å². The molecule has 0 radical (unpaired) electrons. The van der Waals surface area contributed by atoms with Crippen LogP contribution >= 0.6 is 0 Å². The van der Waals surface area contributed by atoms with Gasteiger partial charge in [-0.2, -0.15) is 0 Å². The molecule has 2 saturated carbocycles. The van der Waals surface area contributed by atoms with Crippen LogP contribution in [0.3, 0.4) is 0 Å². The van der Waals surface area contributed by atoms with E-state index in [1.54, 1.807) is 0 Å². The van der Waals surface area contributed by atoms with E-state index >= 15 is 0 Å². The summed E-state index contributed by atoms with van der Waals surface area (Å²) in [7, 11) is 0. The second-order valence-electron chi connectivity index (χ2n) is 17.2. The van der Waals surface area contributed by atoms with E-state index in [9.17, 15) is 0 Å². The first-order chi connectivity index (χ1) is 21.7. The van der Waals surface area contributed by atoms with E-state index in [2.05, 4.69) is 114 Å². The standard InChI is InChI=1S/2C20H26N3.Pt/c2*1-12(2)10-13-6-7-15(21-11-13)17-16-14-8-9-20(5,19(14,3)4)18(16)23-22-17;/h2*6-7,11-12,14H,8-10H2,1-5H3;/q2*-1;+2. The Morgan fingerprint density at radius 1 is 0.638 bits per heavy atom. The third-order valence-electron chi connectivity index (χ3n) is 13.1. The Morgan fingerprint density at radius 2 is 1.02 bits per heavy atom. The molecule has 7 heteroatoms. The van der Waals surface area contributed by atoms with Crippen molar-refractivity contribution in [1.29, 1.82) is 0 Å². The topological polar surface area (TPSA) is 79.8 Å². The molecule has 47 heavy (non-hydrogen) atoms. The zero-order valence-electron chi connectivity index (χ0n) is 30.0. The fraction of sp³-hybridized carbons (Fsp3) is 0.600. The summed E-state index contributed by atoms with van der Waals surface area (Å²) in [5.74, 6) is 2.46. The zero-order chi connectivity index (χ0) is 32.8. The Labute approximate surface area is 296 Å². The largest absolute Gasteiger partial charge is 2.00 e. The van der Waals surface area contributed by atoms with Crippen LogP contribution in [-0.2, 0) is 44.7 Å². The van der Waals surface area contributed by atoms with Crippen LogP contribution in [0, 0.1) is 22.7 Å². The van der Waals surface area contributed by atoms with Gasteiger partial charge in [0.15, 0.2) is 0 Å². The van der Waals surface area contributed by atoms with Crippen LogP contribution in [0.5, 0.6) is 0 Å². The van der Waals surface area contributed by atoms with Gasteiger partial charge in [-0.3, -0.25) is 9.97 Å². The summed E-state index contributed by atoms with van der Waals surface area (Å²) in [6.07, 6.45) is 11.1. The van der Waals surface area contributed by atoms with Crippen molar-refractivity contribution >= 4 is 0 Å². The van der Waals surface area contributed by atoms with Crippen molar-refractivity contribution < 1.29 is 21.1 Å². The van der Waals surface area contributed by atoms with E-state index in [1.165, 1.54) is 59.3 Å². The smallest absolute Gasteiger partial charge is 0.573 e. The Balaban J connectivity index is 0.000000161. The fourth-order valence-electron chi connectivity index (χ4n) is 9.67. The maximum absolute atomic E-state index is 4.70. The average molecular weight is 812 g/mol. The van der Waals surface area contributed by atoms with Gasteiger partial charge in [0.1, 0.15) is 0 Å². The predicted molar refractivity (Wildman–Crippen MR) is 185 cm³/mol. The summed E-state index contributed by atoms with van der Waals surface area (Å²) in [5, 5.41) is 18.3. The maximum atomic E-state index is 4.70. The molecule has 4 unspecified atom stereocenters. The molecule has 0 aliphatic heterocycles. The van der Waals surface area contributed by atoms with E-state index < -0.39 is 0 Å². The van der Waals surface area contributed by atoms with Gasteiger partial charge in [0.05, 0.1) is 0 Å². The fourth-order valence-corrected chi connectivity index (χ4v) is 9.67. The molecular weight excluding hydrogens is 760 g/mol. The molecule has 0 N–H and O–H groups in total. The first-order valence-electron chi connectivity index (χ1n) is 17.7. The van der Waals surface area contributed by atoms with Gasteiger partial charge in [0.2, 0.25) is 0 Å². The van der Waals surface area contributed by atoms with Gasteiger partial charge >= 0.3 is 21.1 Å². The van der Waals surface area contributed by atoms with Gasteiger partial charge < -0.3 is 20.4 Å². The molecule has 4 aliphatic rings. The van der Waals surface area contributed by atoms with Crippen molar-refractivity contribution in [3.63, 3.8) is 0 Å². The Morgan fingerprint density at radius 3 is 1.34 bits per heavy atom. The van der Waals surface area contributed by atoms with E-state index in [1.807, 2.05) is 12.4 Å². The van der Waals surface area contributed by atoms with Crippen LogP contribution in [0.4, 0.5) is 0 Å². The zero-order valence-corrected chi connectivity index (χ0v) is 32.3. The minimum atomic E-state index is 0. The normalized spacial score (nSPS) is 27.1. The van der Waals surface area contributed by atoms with Crippen LogP contribution in [-0.4, -0.2) is 20.2 Å². The first kappa shape index (κ1) is 34.3. The molecule has 8 rings (SSSR count). The van der Waals surface area contributed by atoms with Crippen molar-refractivity contribution in [2.75, 3.05) is 0 Å². The van der Waals surface area contributed by atoms with Gasteiger partial charge in [-0.25, -0.2) is 0 Å². The van der Waals surface area contributed by atoms with Gasteiger partial charge in [0, 0.05) is 46.0 Å². The van der Waals surface area contributed by atoms with Crippen molar-refractivity contribution in [3.05, 3.63) is 70.3 Å². The van der Waals surface area contributed by atoms with Crippen molar-refractivity contribution in [2.45, 2.75) is 130 Å². The molecule has 252 valence electrons. The quantitative estimate of drug-likeness (QED) is 0.194. The van der Waals surface area contributed by atoms with Crippen LogP contribution in [0.25, 0.3) is 22.8 Å². The molecule has 4 aromatic rings. The summed E-state index contributed by atoms with van der Waals surface area (Å²) in [4.78, 5) is 9.41. The van der Waals surface area contributed by atoms with Gasteiger partial charge in [-0.1, -0.05) is 92.8 Å². The number of aromatic nitrogens is 6. The minimum Gasteiger partial charge on any atom is -0.573 e. The number of fused-ring (bicyclic) bond motifs is 10. The van der Waals surface area contributed by atoms with E-state index in [0.29, 0.717) is 23.7 Å². The number of nitrogens with zero attached hydrogens (tertiary/aromatic N) is 6. The average Bonchev–Trinajstić information content (AvgIpc) is 3.78. The van der Waals surface area contributed by atoms with E-state index in [4.69, 9.17) is 9.97 Å². The molecule has 6 nitrogen and oxygen atoms in total. The summed E-state index contributed by atoms with van der Waals surface area (Å²) < 4.78 is 0. The first-order valence-corrected chi connectivity index (χ1v) is 17.7. The molecule has 4 aliphatic carbocycles. The molecule has 0 amide bonds. The Kier molecular flexibility index (Phi) is 8.59. The summed E-state index contributed by atoms with van der Waals surface area (Å²) in [5.41, 5.74) is 12.8. The minimum absolute atomic E-state index is 0. The Hall–Kier alpha value is -2.59. The molecular formula is C40H52N6Pt. The monoisotopic (exact) mass is 811 g/mol. The second kappa shape index (κ2) is 11.8. The maximum Gasteiger partial charge on any atom is 2.00 e. The molecule has 0 saturated heterocycles. The number of pyridine rings is 2. The second-order valence-corrected chi connectivity index (χ2v) is 17.2. The SMILES string of the molecule is CC(C)Cc1ccc(-c2[n-]nc3c2C2CCC3(C)C2(C)C)nc1.CC(C)Cc1ccc(-c2[n-]nc3c2C2CCC3(C)C2(C)C)nc1.[Pt+2]. The molecule has 2 fully saturated rings. The number of rotatable bonds is 6. The summed E-state index contributed by atoms with van der Waals surface area (Å²) in [6, 6.07) is 8.65. The number of hydrogen-bond donors (Lipinski definition) is 0. The molecule has 4 heterocycles. The van der Waals surface area contributed by atoms with Gasteiger partial charge in [0.25, 0.3) is 0 Å². The van der Waals surface area contributed by atoms with Crippen molar-refractivity contribution in [1.82, 2.24) is 30.4 Å². The van der Waals surface area contributed by atoms with Gasteiger partial charge in [-0.15, -0.1) is 0 Å². The van der Waals surface area contributed by atoms with Gasteiger partial charge in [-0.05, 0) is 107 Å². The van der Waals surface area contributed by atoms with Crippen LogP contribution in [0.15, 0.2) is 36.7 Å². The molecule has 4 bridgehead atoms. The van der Waals surface area contributed by atoms with Crippen LogP contribution in [0.1, 0.15) is 140 Å². The van der Waals surface area contributed by atoms with E-state index in [0.717, 1.165) is 35.6 Å². The van der Waals surface area contributed by atoms with Crippen molar-refractivity contribution in [3.8, 4) is 22.8 Å². The summed E-state index contributed by atoms with van der Waals surface area (Å²) in [6.45, 7) is 23.3. The van der Waals surface area contributed by atoms with Crippen molar-refractivity contribution in [2.24, 2.45) is 22.7 Å². The molecule has 0 aromatic carbocycles. The number of hydrogen-bond acceptors (Lipinski definition) is 4.